The van der Waals surface area contributed by atoms with Gasteiger partial charge < -0.3 is 15.4 Å². The van der Waals surface area contributed by atoms with Crippen LogP contribution in [0.1, 0.15) is 12.5 Å². The lowest BCUT2D eigenvalue weighted by Gasteiger charge is -2.11. The van der Waals surface area contributed by atoms with Crippen molar-refractivity contribution in [2.24, 2.45) is 0 Å². The number of benzene rings is 1. The fourth-order valence-electron chi connectivity index (χ4n) is 2.37. The number of ether oxygens (including phenoxy) is 1. The summed E-state index contributed by atoms with van der Waals surface area (Å²) in [6.07, 6.45) is 1.72. The first-order valence-corrected chi connectivity index (χ1v) is 8.26. The summed E-state index contributed by atoms with van der Waals surface area (Å²) in [5.41, 5.74) is 1.85. The molecule has 3 rings (SSSR count). The van der Waals surface area contributed by atoms with Gasteiger partial charge in [0.1, 0.15) is 11.6 Å². The topological polar surface area (TPSA) is 87.8 Å². The summed E-state index contributed by atoms with van der Waals surface area (Å²) in [5.74, 6) is 2.76. The second-order valence-electron chi connectivity index (χ2n) is 5.28. The lowest BCUT2D eigenvalue weighted by atomic mass is 10.2. The number of nitrogens with one attached hydrogen (secondary N) is 3. The average Bonchev–Trinajstić information content (AvgIpc) is 3.09. The quantitative estimate of drug-likeness (QED) is 0.598. The van der Waals surface area contributed by atoms with E-state index in [2.05, 4.69) is 30.8 Å². The number of rotatable bonds is 7. The third-order valence-electron chi connectivity index (χ3n) is 3.56. The molecule has 1 aromatic carbocycles. The summed E-state index contributed by atoms with van der Waals surface area (Å²) >= 11 is 6.06. The normalized spacial score (nSPS) is 10.5. The number of pyridine rings is 1. The minimum absolute atomic E-state index is 0.541. The number of H-pyrrole nitrogens is 1. The SMILES string of the molecule is CCNc1n[nH]c(-c2ccnc(NCc3cc(Cl)ccc3OC)c2)n1. The third kappa shape index (κ3) is 4.19. The Bertz CT molecular complexity index is 851. The largest absolute Gasteiger partial charge is 0.496 e. The Morgan fingerprint density at radius 1 is 1.20 bits per heavy atom. The summed E-state index contributed by atoms with van der Waals surface area (Å²) in [4.78, 5) is 8.74. The van der Waals surface area contributed by atoms with Gasteiger partial charge in [-0.15, -0.1) is 5.10 Å². The van der Waals surface area contributed by atoms with Crippen LogP contribution in [0.2, 0.25) is 5.02 Å². The minimum atomic E-state index is 0.541. The van der Waals surface area contributed by atoms with Crippen molar-refractivity contribution in [1.29, 1.82) is 0 Å². The highest BCUT2D eigenvalue weighted by atomic mass is 35.5. The van der Waals surface area contributed by atoms with Gasteiger partial charge in [-0.3, -0.25) is 5.10 Å². The second kappa shape index (κ2) is 7.85. The van der Waals surface area contributed by atoms with Gasteiger partial charge >= 0.3 is 0 Å². The van der Waals surface area contributed by atoms with E-state index in [-0.39, 0.29) is 0 Å². The molecule has 0 atom stereocenters. The molecule has 2 heterocycles. The lowest BCUT2D eigenvalue weighted by molar-refractivity contribution is 0.410. The summed E-state index contributed by atoms with van der Waals surface area (Å²) in [6, 6.07) is 9.31. The van der Waals surface area contributed by atoms with E-state index in [0.29, 0.717) is 23.3 Å². The molecule has 8 heteroatoms. The molecular formula is C17H19ClN6O. The maximum absolute atomic E-state index is 6.06. The molecule has 0 saturated carbocycles. The van der Waals surface area contributed by atoms with Gasteiger partial charge in [-0.1, -0.05) is 11.6 Å². The molecule has 0 aliphatic heterocycles. The molecule has 0 radical (unpaired) electrons. The van der Waals surface area contributed by atoms with Crippen molar-refractivity contribution in [2.45, 2.75) is 13.5 Å². The molecule has 0 fully saturated rings. The van der Waals surface area contributed by atoms with Gasteiger partial charge in [0.25, 0.3) is 0 Å². The van der Waals surface area contributed by atoms with E-state index in [1.54, 1.807) is 19.4 Å². The van der Waals surface area contributed by atoms with Gasteiger partial charge in [0.2, 0.25) is 5.95 Å². The van der Waals surface area contributed by atoms with Crippen molar-refractivity contribution in [3.8, 4) is 17.1 Å². The number of hydrogen-bond donors (Lipinski definition) is 3. The van der Waals surface area contributed by atoms with Gasteiger partial charge in [0.15, 0.2) is 5.82 Å². The highest BCUT2D eigenvalue weighted by molar-refractivity contribution is 6.30. The standard InChI is InChI=1S/C17H19ClN6O/c1-3-19-17-22-16(23-24-17)11-6-7-20-15(9-11)21-10-12-8-13(18)4-5-14(12)25-2/h4-9H,3,10H2,1-2H3,(H,20,21)(H2,19,22,23,24). The molecule has 0 spiro atoms. The highest BCUT2D eigenvalue weighted by Crippen LogP contribution is 2.24. The van der Waals surface area contributed by atoms with Crippen LogP contribution in [0.5, 0.6) is 5.75 Å². The maximum atomic E-state index is 6.06. The highest BCUT2D eigenvalue weighted by Gasteiger charge is 2.08. The lowest BCUT2D eigenvalue weighted by Crippen LogP contribution is -2.03. The Labute approximate surface area is 150 Å². The Hall–Kier alpha value is -2.80. The van der Waals surface area contributed by atoms with Gasteiger partial charge in [-0.2, -0.15) is 4.98 Å². The number of anilines is 2. The number of halogens is 1. The predicted molar refractivity (Wildman–Crippen MR) is 99.1 cm³/mol. The Morgan fingerprint density at radius 2 is 2.08 bits per heavy atom. The van der Waals surface area contributed by atoms with Crippen molar-refractivity contribution in [2.75, 3.05) is 24.3 Å². The number of aromatic nitrogens is 4. The van der Waals surface area contributed by atoms with Crippen LogP contribution in [0.15, 0.2) is 36.5 Å². The molecule has 25 heavy (non-hydrogen) atoms. The molecule has 0 amide bonds. The Kier molecular flexibility index (Phi) is 5.35. The van der Waals surface area contributed by atoms with Crippen LogP contribution in [0, 0.1) is 0 Å². The van der Waals surface area contributed by atoms with Crippen molar-refractivity contribution in [1.82, 2.24) is 20.2 Å². The van der Waals surface area contributed by atoms with Crippen LogP contribution < -0.4 is 15.4 Å². The molecule has 0 unspecified atom stereocenters. The maximum Gasteiger partial charge on any atom is 0.242 e. The van der Waals surface area contributed by atoms with E-state index in [1.165, 1.54) is 0 Å². The Morgan fingerprint density at radius 3 is 2.88 bits per heavy atom. The zero-order valence-corrected chi connectivity index (χ0v) is 14.8. The predicted octanol–water partition coefficient (Wildman–Crippen LogP) is 3.57. The summed E-state index contributed by atoms with van der Waals surface area (Å²) in [5, 5.41) is 14.0. The van der Waals surface area contributed by atoms with Gasteiger partial charge in [0.05, 0.1) is 7.11 Å². The smallest absolute Gasteiger partial charge is 0.242 e. The van der Waals surface area contributed by atoms with Crippen LogP contribution in [-0.2, 0) is 6.54 Å². The Balaban J connectivity index is 1.74. The fraction of sp³-hybridized carbons (Fsp3) is 0.235. The van der Waals surface area contributed by atoms with Gasteiger partial charge in [0, 0.05) is 35.4 Å². The molecule has 7 nitrogen and oxygen atoms in total. The number of methoxy groups -OCH3 is 1. The molecule has 0 aliphatic carbocycles. The van der Waals surface area contributed by atoms with Crippen LogP contribution in [0.4, 0.5) is 11.8 Å². The van der Waals surface area contributed by atoms with E-state index in [9.17, 15) is 0 Å². The molecule has 0 aliphatic rings. The van der Waals surface area contributed by atoms with E-state index in [1.807, 2.05) is 31.2 Å². The van der Waals surface area contributed by atoms with E-state index in [0.717, 1.165) is 29.2 Å². The molecule has 3 N–H and O–H groups in total. The molecule has 0 saturated heterocycles. The molecular weight excluding hydrogens is 340 g/mol. The van der Waals surface area contributed by atoms with Crippen molar-refractivity contribution in [3.63, 3.8) is 0 Å². The van der Waals surface area contributed by atoms with Crippen molar-refractivity contribution < 1.29 is 4.74 Å². The third-order valence-corrected chi connectivity index (χ3v) is 3.79. The zero-order valence-electron chi connectivity index (χ0n) is 14.0. The van der Waals surface area contributed by atoms with Crippen molar-refractivity contribution >= 4 is 23.4 Å². The molecule has 130 valence electrons. The summed E-state index contributed by atoms with van der Waals surface area (Å²) < 4.78 is 5.36. The van der Waals surface area contributed by atoms with Gasteiger partial charge in [-0.25, -0.2) is 4.98 Å². The van der Waals surface area contributed by atoms with E-state index >= 15 is 0 Å². The van der Waals surface area contributed by atoms with Crippen LogP contribution in [0.3, 0.4) is 0 Å². The summed E-state index contributed by atoms with van der Waals surface area (Å²) in [7, 11) is 1.64. The fourth-order valence-corrected chi connectivity index (χ4v) is 2.57. The molecule has 3 aromatic rings. The van der Waals surface area contributed by atoms with Gasteiger partial charge in [-0.05, 0) is 37.3 Å². The molecule has 2 aromatic heterocycles. The first-order chi connectivity index (χ1) is 12.2. The minimum Gasteiger partial charge on any atom is -0.496 e. The summed E-state index contributed by atoms with van der Waals surface area (Å²) in [6.45, 7) is 3.30. The zero-order chi connectivity index (χ0) is 17.6. The van der Waals surface area contributed by atoms with Crippen molar-refractivity contribution in [3.05, 3.63) is 47.1 Å². The van der Waals surface area contributed by atoms with Crippen LogP contribution in [-0.4, -0.2) is 33.8 Å². The van der Waals surface area contributed by atoms with E-state index in [4.69, 9.17) is 16.3 Å². The number of hydrogen-bond acceptors (Lipinski definition) is 6. The second-order valence-corrected chi connectivity index (χ2v) is 5.71. The van der Waals surface area contributed by atoms with Crippen LogP contribution in [0.25, 0.3) is 11.4 Å². The first-order valence-electron chi connectivity index (χ1n) is 7.88. The first kappa shape index (κ1) is 17.0. The monoisotopic (exact) mass is 358 g/mol. The van der Waals surface area contributed by atoms with Crippen LogP contribution >= 0.6 is 11.6 Å². The number of nitrogens with zero attached hydrogens (tertiary/aromatic N) is 3. The van der Waals surface area contributed by atoms with E-state index < -0.39 is 0 Å². The molecule has 0 bridgehead atoms. The number of aromatic amines is 1. The average molecular weight is 359 g/mol.